The Balaban J connectivity index is 1.61. The molecule has 1 fully saturated rings. The van der Waals surface area contributed by atoms with Crippen molar-refractivity contribution < 1.29 is 13.9 Å². The van der Waals surface area contributed by atoms with Crippen molar-refractivity contribution in [2.75, 3.05) is 30.9 Å². The number of rotatable bonds is 7. The molecule has 0 amide bonds. The van der Waals surface area contributed by atoms with Gasteiger partial charge in [-0.05, 0) is 49.6 Å². The number of para-hydroxylation sites is 1. The largest absolute Gasteiger partial charge is 0.496 e. The minimum atomic E-state index is -0.469. The summed E-state index contributed by atoms with van der Waals surface area (Å²) in [4.78, 5) is 15.0. The van der Waals surface area contributed by atoms with Gasteiger partial charge in [-0.3, -0.25) is 9.36 Å². The van der Waals surface area contributed by atoms with E-state index in [-0.39, 0.29) is 17.1 Å². The maximum atomic E-state index is 13.7. The zero-order valence-electron chi connectivity index (χ0n) is 16.8. The maximum Gasteiger partial charge on any atom is 0.232 e. The molecule has 0 aliphatic carbocycles. The number of methoxy groups -OCH3 is 1. The molecule has 0 radical (unpaired) electrons. The van der Waals surface area contributed by atoms with Gasteiger partial charge in [-0.25, -0.2) is 4.39 Å². The zero-order chi connectivity index (χ0) is 20.9. The predicted octanol–water partition coefficient (Wildman–Crippen LogP) is 4.38. The average molecular weight is 427 g/mol. The average Bonchev–Trinajstić information content (AvgIpc) is 3.22. The van der Waals surface area contributed by atoms with Crippen LogP contribution < -0.4 is 9.64 Å². The summed E-state index contributed by atoms with van der Waals surface area (Å²) in [6.07, 6.45) is 3.48. The molecule has 6 nitrogen and oxygen atoms in total. The summed E-state index contributed by atoms with van der Waals surface area (Å²) >= 11 is 1.29. The van der Waals surface area contributed by atoms with Crippen LogP contribution in [0.4, 0.5) is 10.3 Å². The third-order valence-corrected chi connectivity index (χ3v) is 5.99. The number of ketones is 1. The van der Waals surface area contributed by atoms with Crippen LogP contribution in [0.1, 0.15) is 29.6 Å². The fourth-order valence-corrected chi connectivity index (χ4v) is 4.39. The fraction of sp³-hybridized carbons (Fsp3) is 0.318. The van der Waals surface area contributed by atoms with E-state index in [1.807, 2.05) is 34.9 Å². The van der Waals surface area contributed by atoms with Gasteiger partial charge in [-0.15, -0.1) is 10.2 Å². The van der Waals surface area contributed by atoms with Gasteiger partial charge in [0.1, 0.15) is 11.6 Å². The van der Waals surface area contributed by atoms with Crippen LogP contribution in [0.5, 0.6) is 5.75 Å². The zero-order valence-corrected chi connectivity index (χ0v) is 17.6. The molecular weight excluding hydrogens is 403 g/mol. The van der Waals surface area contributed by atoms with Gasteiger partial charge in [0.25, 0.3) is 0 Å². The van der Waals surface area contributed by atoms with Crippen molar-refractivity contribution >= 4 is 23.5 Å². The van der Waals surface area contributed by atoms with E-state index in [0.717, 1.165) is 37.6 Å². The maximum absolute atomic E-state index is 13.7. The van der Waals surface area contributed by atoms with Gasteiger partial charge in [0, 0.05) is 13.1 Å². The number of hydrogen-bond acceptors (Lipinski definition) is 6. The number of Topliss-reactive ketones (excluding diaryl/α,β-unsaturated/α-hetero) is 1. The molecule has 2 aromatic carbocycles. The Morgan fingerprint density at radius 2 is 1.87 bits per heavy atom. The highest BCUT2D eigenvalue weighted by Gasteiger charge is 2.23. The summed E-state index contributed by atoms with van der Waals surface area (Å²) in [5, 5.41) is 9.44. The lowest BCUT2D eigenvalue weighted by atomic mass is 10.1. The molecule has 2 heterocycles. The lowest BCUT2D eigenvalue weighted by molar-refractivity contribution is 0.101. The number of hydrogen-bond donors (Lipinski definition) is 0. The van der Waals surface area contributed by atoms with Crippen molar-refractivity contribution in [2.24, 2.45) is 0 Å². The normalized spacial score (nSPS) is 14.0. The van der Waals surface area contributed by atoms with E-state index < -0.39 is 5.82 Å². The van der Waals surface area contributed by atoms with Crippen LogP contribution in [0.25, 0.3) is 5.69 Å². The highest BCUT2D eigenvalue weighted by Crippen LogP contribution is 2.29. The Morgan fingerprint density at radius 3 is 2.60 bits per heavy atom. The molecule has 0 bridgehead atoms. The summed E-state index contributed by atoms with van der Waals surface area (Å²) in [5.74, 6) is 0.562. The van der Waals surface area contributed by atoms with Gasteiger partial charge in [-0.1, -0.05) is 30.0 Å². The topological polar surface area (TPSA) is 60.2 Å². The summed E-state index contributed by atoms with van der Waals surface area (Å²) in [5.41, 5.74) is 1.17. The number of anilines is 1. The van der Waals surface area contributed by atoms with Gasteiger partial charge in [0.2, 0.25) is 5.95 Å². The molecule has 0 saturated carbocycles. The van der Waals surface area contributed by atoms with Crippen LogP contribution in [-0.2, 0) is 0 Å². The number of nitrogens with zero attached hydrogens (tertiary/aromatic N) is 4. The second-order valence-electron chi connectivity index (χ2n) is 7.06. The molecule has 0 atom stereocenters. The van der Waals surface area contributed by atoms with E-state index in [4.69, 9.17) is 4.74 Å². The molecule has 156 valence electrons. The third-order valence-electron chi connectivity index (χ3n) is 5.06. The van der Waals surface area contributed by atoms with E-state index in [1.54, 1.807) is 0 Å². The van der Waals surface area contributed by atoms with Crippen LogP contribution in [0.15, 0.2) is 53.7 Å². The first-order valence-corrected chi connectivity index (χ1v) is 10.9. The molecule has 8 heteroatoms. The van der Waals surface area contributed by atoms with Crippen LogP contribution in [0, 0.1) is 5.82 Å². The third kappa shape index (κ3) is 4.33. The van der Waals surface area contributed by atoms with Gasteiger partial charge in [-0.2, -0.15) is 0 Å². The number of piperidine rings is 1. The second kappa shape index (κ2) is 9.30. The first-order chi connectivity index (χ1) is 14.7. The van der Waals surface area contributed by atoms with E-state index in [9.17, 15) is 9.18 Å². The Kier molecular flexibility index (Phi) is 6.32. The summed E-state index contributed by atoms with van der Waals surface area (Å²) in [6.45, 7) is 1.88. The van der Waals surface area contributed by atoms with Gasteiger partial charge >= 0.3 is 0 Å². The van der Waals surface area contributed by atoms with E-state index >= 15 is 0 Å². The summed E-state index contributed by atoms with van der Waals surface area (Å²) < 4.78 is 20.9. The molecule has 3 aromatic rings. The first-order valence-electron chi connectivity index (χ1n) is 9.92. The molecule has 1 saturated heterocycles. The Labute approximate surface area is 179 Å². The second-order valence-corrected chi connectivity index (χ2v) is 8.00. The van der Waals surface area contributed by atoms with Gasteiger partial charge < -0.3 is 9.64 Å². The van der Waals surface area contributed by atoms with Crippen LogP contribution in [-0.4, -0.2) is 46.5 Å². The standard InChI is InChI=1S/C22H23FN4O2S/c1-29-20-11-10-16(23)14-18(20)19(28)15-30-22-25-24-21(26-12-6-3-7-13-26)27(22)17-8-4-2-5-9-17/h2,4-5,8-11,14H,3,6-7,12-13,15H2,1H3. The molecular formula is C22H23FN4O2S. The number of benzene rings is 2. The first kappa shape index (κ1) is 20.4. The van der Waals surface area contributed by atoms with Crippen molar-refractivity contribution in [1.82, 2.24) is 14.8 Å². The highest BCUT2D eigenvalue weighted by atomic mass is 32.2. The number of ether oxygens (including phenoxy) is 1. The Hall–Kier alpha value is -2.87. The summed E-state index contributed by atoms with van der Waals surface area (Å²) in [6, 6.07) is 13.8. The fourth-order valence-electron chi connectivity index (χ4n) is 3.56. The lowest BCUT2D eigenvalue weighted by Crippen LogP contribution is -2.31. The lowest BCUT2D eigenvalue weighted by Gasteiger charge is -2.27. The smallest absolute Gasteiger partial charge is 0.232 e. The van der Waals surface area contributed by atoms with E-state index in [1.165, 1.54) is 43.5 Å². The molecule has 30 heavy (non-hydrogen) atoms. The predicted molar refractivity (Wildman–Crippen MR) is 115 cm³/mol. The molecule has 0 unspecified atom stereocenters. The number of carbonyl (C=O) groups excluding carboxylic acids is 1. The number of carbonyl (C=O) groups is 1. The van der Waals surface area contributed by atoms with Crippen molar-refractivity contribution in [1.29, 1.82) is 0 Å². The quantitative estimate of drug-likeness (QED) is 0.413. The number of aromatic nitrogens is 3. The molecule has 1 aliphatic heterocycles. The molecule has 1 aromatic heterocycles. The number of halogens is 1. The van der Waals surface area contributed by atoms with Crippen LogP contribution >= 0.6 is 11.8 Å². The Morgan fingerprint density at radius 1 is 1.10 bits per heavy atom. The van der Waals surface area contributed by atoms with Crippen LogP contribution in [0.3, 0.4) is 0 Å². The van der Waals surface area contributed by atoms with Crippen molar-refractivity contribution in [3.8, 4) is 11.4 Å². The van der Waals surface area contributed by atoms with E-state index in [2.05, 4.69) is 15.1 Å². The minimum absolute atomic E-state index is 0.102. The summed E-state index contributed by atoms with van der Waals surface area (Å²) in [7, 11) is 1.47. The monoisotopic (exact) mass is 426 g/mol. The highest BCUT2D eigenvalue weighted by molar-refractivity contribution is 7.99. The van der Waals surface area contributed by atoms with Gasteiger partial charge in [0.15, 0.2) is 10.9 Å². The SMILES string of the molecule is COc1ccc(F)cc1C(=O)CSc1nnc(N2CCCCC2)n1-c1ccccc1. The van der Waals surface area contributed by atoms with Crippen LogP contribution in [0.2, 0.25) is 0 Å². The molecule has 0 N–H and O–H groups in total. The molecule has 0 spiro atoms. The van der Waals surface area contributed by atoms with Crippen molar-refractivity contribution in [2.45, 2.75) is 24.4 Å². The van der Waals surface area contributed by atoms with Crippen molar-refractivity contribution in [3.63, 3.8) is 0 Å². The molecule has 4 rings (SSSR count). The molecule has 1 aliphatic rings. The van der Waals surface area contributed by atoms with E-state index in [0.29, 0.717) is 10.9 Å². The number of thioether (sulfide) groups is 1. The van der Waals surface area contributed by atoms with Gasteiger partial charge in [0.05, 0.1) is 24.1 Å². The minimum Gasteiger partial charge on any atom is -0.496 e. The Bertz CT molecular complexity index is 1020. The van der Waals surface area contributed by atoms with Crippen molar-refractivity contribution in [3.05, 3.63) is 59.9 Å².